The molecule has 152 valence electrons. The summed E-state index contributed by atoms with van der Waals surface area (Å²) < 4.78 is 34.8. The molecule has 0 unspecified atom stereocenters. The average molecular weight is 401 g/mol. The van der Waals surface area contributed by atoms with Crippen molar-refractivity contribution in [3.05, 3.63) is 17.7 Å². The van der Waals surface area contributed by atoms with Gasteiger partial charge in [-0.2, -0.15) is 8.42 Å². The van der Waals surface area contributed by atoms with Crippen molar-refractivity contribution in [1.82, 2.24) is 14.5 Å². The third kappa shape index (κ3) is 5.43. The van der Waals surface area contributed by atoms with E-state index in [0.29, 0.717) is 38.4 Å². The molecule has 10 heteroatoms. The van der Waals surface area contributed by atoms with Gasteiger partial charge < -0.3 is 19.3 Å². The van der Waals surface area contributed by atoms with Crippen LogP contribution in [0.5, 0.6) is 0 Å². The fraction of sp³-hybridized carbons (Fsp3) is 0.765. The number of hydrogen-bond donors (Lipinski definition) is 1. The van der Waals surface area contributed by atoms with Crippen LogP contribution in [0.1, 0.15) is 49.0 Å². The van der Waals surface area contributed by atoms with Crippen molar-refractivity contribution in [2.45, 2.75) is 44.1 Å². The van der Waals surface area contributed by atoms with Gasteiger partial charge in [0, 0.05) is 50.9 Å². The number of rotatable bonds is 6. The molecule has 27 heavy (non-hydrogen) atoms. The minimum Gasteiger partial charge on any atom is -0.465 e. The molecule has 0 radical (unpaired) electrons. The van der Waals surface area contributed by atoms with Gasteiger partial charge in [0.15, 0.2) is 0 Å². The van der Waals surface area contributed by atoms with E-state index in [2.05, 4.69) is 0 Å². The number of piperidine rings is 1. The van der Waals surface area contributed by atoms with E-state index in [9.17, 15) is 13.2 Å². The van der Waals surface area contributed by atoms with Crippen LogP contribution in [0, 0.1) is 0 Å². The zero-order valence-electron chi connectivity index (χ0n) is 15.5. The Morgan fingerprint density at radius 2 is 1.93 bits per heavy atom. The van der Waals surface area contributed by atoms with Gasteiger partial charge in [-0.3, -0.25) is 4.18 Å². The van der Waals surface area contributed by atoms with Crippen LogP contribution in [0.25, 0.3) is 0 Å². The first kappa shape index (κ1) is 20.1. The van der Waals surface area contributed by atoms with E-state index in [4.69, 9.17) is 19.0 Å². The van der Waals surface area contributed by atoms with Gasteiger partial charge in [-0.05, 0) is 25.7 Å². The van der Waals surface area contributed by atoms with Gasteiger partial charge in [0.2, 0.25) is 0 Å². The molecule has 0 bridgehead atoms. The van der Waals surface area contributed by atoms with Crippen molar-refractivity contribution < 1.29 is 27.2 Å². The van der Waals surface area contributed by atoms with Crippen LogP contribution in [0.15, 0.2) is 6.20 Å². The Balaban J connectivity index is 1.75. The van der Waals surface area contributed by atoms with Crippen LogP contribution in [-0.2, 0) is 25.6 Å². The Bertz CT molecular complexity index is 749. The topological polar surface area (TPSA) is 111 Å². The molecule has 2 saturated heterocycles. The molecule has 3 heterocycles. The number of imidazole rings is 1. The van der Waals surface area contributed by atoms with E-state index in [1.807, 2.05) is 10.8 Å². The molecule has 0 aromatic carbocycles. The maximum absolute atomic E-state index is 11.2. The van der Waals surface area contributed by atoms with Crippen molar-refractivity contribution in [2.24, 2.45) is 0 Å². The SMILES string of the molecule is CS(=O)(=O)OCCn1cc(C2CCOCC2)nc1C1CCN(C(=O)O)CC1. The largest absolute Gasteiger partial charge is 0.465 e. The highest BCUT2D eigenvalue weighted by Crippen LogP contribution is 2.32. The van der Waals surface area contributed by atoms with E-state index in [1.165, 1.54) is 4.90 Å². The average Bonchev–Trinajstić information content (AvgIpc) is 3.05. The summed E-state index contributed by atoms with van der Waals surface area (Å²) in [5, 5.41) is 9.14. The molecule has 0 saturated carbocycles. The van der Waals surface area contributed by atoms with Crippen LogP contribution in [0.2, 0.25) is 0 Å². The predicted octanol–water partition coefficient (Wildman–Crippen LogP) is 1.61. The fourth-order valence-electron chi connectivity index (χ4n) is 3.76. The molecule has 0 atom stereocenters. The maximum Gasteiger partial charge on any atom is 0.407 e. The minimum atomic E-state index is -3.48. The summed E-state index contributed by atoms with van der Waals surface area (Å²) in [7, 11) is -3.48. The molecule has 0 aliphatic carbocycles. The maximum atomic E-state index is 11.2. The molecule has 1 aromatic heterocycles. The molecular weight excluding hydrogens is 374 g/mol. The summed E-state index contributed by atoms with van der Waals surface area (Å²) in [6.07, 6.45) is 5.42. The van der Waals surface area contributed by atoms with Crippen molar-refractivity contribution in [2.75, 3.05) is 39.2 Å². The molecule has 2 aliphatic rings. The summed E-state index contributed by atoms with van der Waals surface area (Å²) in [6, 6.07) is 0. The molecule has 1 amide bonds. The molecule has 0 spiro atoms. The van der Waals surface area contributed by atoms with Crippen molar-refractivity contribution >= 4 is 16.2 Å². The lowest BCUT2D eigenvalue weighted by Crippen LogP contribution is -2.37. The van der Waals surface area contributed by atoms with Crippen LogP contribution >= 0.6 is 0 Å². The number of carboxylic acid groups (broad SMARTS) is 1. The van der Waals surface area contributed by atoms with Crippen LogP contribution in [0.4, 0.5) is 4.79 Å². The highest BCUT2D eigenvalue weighted by atomic mass is 32.2. The van der Waals surface area contributed by atoms with E-state index in [-0.39, 0.29) is 12.5 Å². The first-order valence-corrected chi connectivity index (χ1v) is 11.1. The number of carbonyl (C=O) groups is 1. The van der Waals surface area contributed by atoms with Crippen molar-refractivity contribution in [3.8, 4) is 0 Å². The first-order valence-electron chi connectivity index (χ1n) is 9.30. The minimum absolute atomic E-state index is 0.0589. The fourth-order valence-corrected chi connectivity index (χ4v) is 4.14. The van der Waals surface area contributed by atoms with E-state index in [1.54, 1.807) is 0 Å². The Labute approximate surface area is 159 Å². The van der Waals surface area contributed by atoms with Gasteiger partial charge >= 0.3 is 6.09 Å². The van der Waals surface area contributed by atoms with E-state index in [0.717, 1.165) is 43.8 Å². The molecule has 1 aromatic rings. The van der Waals surface area contributed by atoms with Crippen LogP contribution < -0.4 is 0 Å². The number of nitrogens with zero attached hydrogens (tertiary/aromatic N) is 3. The predicted molar refractivity (Wildman–Crippen MR) is 97.4 cm³/mol. The Morgan fingerprint density at radius 3 is 2.52 bits per heavy atom. The second kappa shape index (κ2) is 8.57. The van der Waals surface area contributed by atoms with Crippen LogP contribution in [0.3, 0.4) is 0 Å². The zero-order chi connectivity index (χ0) is 19.4. The van der Waals surface area contributed by atoms with Gasteiger partial charge in [-0.15, -0.1) is 0 Å². The summed E-state index contributed by atoms with van der Waals surface area (Å²) in [5.74, 6) is 1.40. The molecule has 9 nitrogen and oxygen atoms in total. The monoisotopic (exact) mass is 401 g/mol. The quantitative estimate of drug-likeness (QED) is 0.721. The third-order valence-electron chi connectivity index (χ3n) is 5.23. The molecule has 2 aliphatic heterocycles. The number of ether oxygens (including phenoxy) is 1. The molecule has 1 N–H and O–H groups in total. The smallest absolute Gasteiger partial charge is 0.407 e. The number of likely N-dealkylation sites (tertiary alicyclic amines) is 1. The van der Waals surface area contributed by atoms with E-state index >= 15 is 0 Å². The van der Waals surface area contributed by atoms with Crippen molar-refractivity contribution in [3.63, 3.8) is 0 Å². The summed E-state index contributed by atoms with van der Waals surface area (Å²) in [6.45, 7) is 2.88. The van der Waals surface area contributed by atoms with Crippen molar-refractivity contribution in [1.29, 1.82) is 0 Å². The Morgan fingerprint density at radius 1 is 1.26 bits per heavy atom. The second-order valence-corrected chi connectivity index (χ2v) is 8.82. The Kier molecular flexibility index (Phi) is 6.38. The van der Waals surface area contributed by atoms with Gasteiger partial charge in [0.1, 0.15) is 5.82 Å². The van der Waals surface area contributed by atoms with E-state index < -0.39 is 16.2 Å². The lowest BCUT2D eigenvalue weighted by Gasteiger charge is -2.29. The number of amides is 1. The molecule has 3 rings (SSSR count). The van der Waals surface area contributed by atoms with Gasteiger partial charge in [-0.25, -0.2) is 9.78 Å². The third-order valence-corrected chi connectivity index (χ3v) is 5.82. The van der Waals surface area contributed by atoms with Gasteiger partial charge in [0.25, 0.3) is 10.1 Å². The lowest BCUT2D eigenvalue weighted by molar-refractivity contribution is 0.0845. The number of hydrogen-bond acceptors (Lipinski definition) is 6. The molecular formula is C17H27N3O6S. The summed E-state index contributed by atoms with van der Waals surface area (Å²) in [5.41, 5.74) is 1.01. The van der Waals surface area contributed by atoms with Gasteiger partial charge in [0.05, 0.1) is 18.6 Å². The standard InChI is InChI=1S/C17H27N3O6S/c1-27(23,24)26-11-8-20-12-15(13-4-9-25-10-5-13)18-16(20)14-2-6-19(7-3-14)17(21)22/h12-14H,2-11H2,1H3,(H,21,22). The summed E-state index contributed by atoms with van der Waals surface area (Å²) >= 11 is 0. The number of aromatic nitrogens is 2. The highest BCUT2D eigenvalue weighted by molar-refractivity contribution is 7.85. The highest BCUT2D eigenvalue weighted by Gasteiger charge is 2.28. The Hall–Kier alpha value is -1.65. The van der Waals surface area contributed by atoms with Gasteiger partial charge in [-0.1, -0.05) is 0 Å². The second-order valence-electron chi connectivity index (χ2n) is 7.17. The van der Waals surface area contributed by atoms with Crippen LogP contribution in [-0.4, -0.2) is 73.2 Å². The first-order chi connectivity index (χ1) is 12.8. The molecule has 2 fully saturated rings. The lowest BCUT2D eigenvalue weighted by atomic mass is 9.95. The summed E-state index contributed by atoms with van der Waals surface area (Å²) in [4.78, 5) is 17.4. The normalized spacial score (nSPS) is 20.1. The zero-order valence-corrected chi connectivity index (χ0v) is 16.4.